The predicted molar refractivity (Wildman–Crippen MR) is 119 cm³/mol. The molecule has 1 atom stereocenters. The first-order valence-electron chi connectivity index (χ1n) is 9.91. The zero-order valence-corrected chi connectivity index (χ0v) is 17.5. The molecule has 0 radical (unpaired) electrons. The van der Waals surface area contributed by atoms with Crippen molar-refractivity contribution in [2.24, 2.45) is 5.92 Å². The van der Waals surface area contributed by atoms with Crippen LogP contribution in [-0.4, -0.2) is 36.1 Å². The van der Waals surface area contributed by atoms with Gasteiger partial charge in [0, 0.05) is 36.1 Å². The summed E-state index contributed by atoms with van der Waals surface area (Å²) in [4.78, 5) is 24.0. The Morgan fingerprint density at radius 2 is 1.90 bits per heavy atom. The summed E-state index contributed by atoms with van der Waals surface area (Å²) in [5, 5.41) is 3.50. The Kier molecular flexibility index (Phi) is 6.14. The van der Waals surface area contributed by atoms with Gasteiger partial charge in [-0.2, -0.15) is 0 Å². The summed E-state index contributed by atoms with van der Waals surface area (Å²) in [6, 6.07) is 15.2. The summed E-state index contributed by atoms with van der Waals surface area (Å²) in [6.07, 6.45) is 5.37. The second-order valence-electron chi connectivity index (χ2n) is 7.26. The quantitative estimate of drug-likeness (QED) is 0.647. The normalized spacial score (nSPS) is 16.2. The molecule has 7 heteroatoms. The molecular formula is C23H23ClN4O2. The van der Waals surface area contributed by atoms with Crippen molar-refractivity contribution in [3.63, 3.8) is 0 Å². The van der Waals surface area contributed by atoms with Crippen LogP contribution in [0.5, 0.6) is 5.75 Å². The number of ether oxygens (including phenoxy) is 1. The van der Waals surface area contributed by atoms with Crippen LogP contribution in [0, 0.1) is 5.92 Å². The number of aromatic nitrogens is 2. The van der Waals surface area contributed by atoms with Gasteiger partial charge < -0.3 is 15.0 Å². The molecule has 0 spiro atoms. The van der Waals surface area contributed by atoms with E-state index in [4.69, 9.17) is 16.3 Å². The third-order valence-corrected chi connectivity index (χ3v) is 5.47. The number of piperidine rings is 1. The van der Waals surface area contributed by atoms with Crippen LogP contribution >= 0.6 is 11.6 Å². The van der Waals surface area contributed by atoms with Gasteiger partial charge in [-0.3, -0.25) is 4.79 Å². The van der Waals surface area contributed by atoms with Crippen molar-refractivity contribution in [2.75, 3.05) is 30.4 Å². The van der Waals surface area contributed by atoms with Crippen LogP contribution in [-0.2, 0) is 4.79 Å². The Bertz CT molecular complexity index is 1010. The minimum Gasteiger partial charge on any atom is -0.495 e. The zero-order chi connectivity index (χ0) is 20.9. The van der Waals surface area contributed by atoms with Crippen molar-refractivity contribution >= 4 is 29.1 Å². The molecule has 3 aromatic rings. The van der Waals surface area contributed by atoms with Crippen LogP contribution in [0.1, 0.15) is 12.8 Å². The van der Waals surface area contributed by atoms with E-state index < -0.39 is 0 Å². The van der Waals surface area contributed by atoms with Crippen LogP contribution < -0.4 is 15.0 Å². The summed E-state index contributed by atoms with van der Waals surface area (Å²) in [5.74, 6) is 1.01. The lowest BCUT2D eigenvalue weighted by Gasteiger charge is -2.32. The van der Waals surface area contributed by atoms with E-state index in [1.807, 2.05) is 42.7 Å². The number of hydrogen-bond acceptors (Lipinski definition) is 5. The lowest BCUT2D eigenvalue weighted by atomic mass is 9.97. The molecule has 4 rings (SSSR count). The highest BCUT2D eigenvalue weighted by atomic mass is 35.5. The first kappa shape index (κ1) is 20.2. The molecule has 1 aliphatic heterocycles. The highest BCUT2D eigenvalue weighted by molar-refractivity contribution is 6.31. The average Bonchev–Trinajstić information content (AvgIpc) is 2.80. The number of benzene rings is 2. The van der Waals surface area contributed by atoms with Crippen LogP contribution in [0.4, 0.5) is 11.6 Å². The first-order valence-corrected chi connectivity index (χ1v) is 10.3. The van der Waals surface area contributed by atoms with E-state index in [0.29, 0.717) is 29.0 Å². The van der Waals surface area contributed by atoms with Crippen molar-refractivity contribution in [2.45, 2.75) is 12.8 Å². The molecule has 0 aliphatic carbocycles. The number of amides is 1. The number of methoxy groups -OCH3 is 1. The Labute approximate surface area is 180 Å². The molecule has 1 aromatic heterocycles. The maximum absolute atomic E-state index is 12.9. The molecule has 0 saturated carbocycles. The molecule has 1 amide bonds. The standard InChI is InChI=1S/C23H23ClN4O2/c1-30-21-10-9-19(24)12-20(21)27-22(29)17-8-5-11-28(15-17)23-25-13-18(14-26-23)16-6-3-2-4-7-16/h2-4,6-7,9-10,12-14,17H,5,8,11,15H2,1H3,(H,27,29). The number of carbonyl (C=O) groups excluding carboxylic acids is 1. The lowest BCUT2D eigenvalue weighted by Crippen LogP contribution is -2.41. The van der Waals surface area contributed by atoms with E-state index in [1.165, 1.54) is 0 Å². The van der Waals surface area contributed by atoms with E-state index in [9.17, 15) is 4.79 Å². The van der Waals surface area contributed by atoms with Gasteiger partial charge in [-0.25, -0.2) is 9.97 Å². The van der Waals surface area contributed by atoms with Gasteiger partial charge in [0.2, 0.25) is 11.9 Å². The molecule has 2 heterocycles. The maximum Gasteiger partial charge on any atom is 0.229 e. The Balaban J connectivity index is 1.44. The number of halogens is 1. The zero-order valence-electron chi connectivity index (χ0n) is 16.7. The predicted octanol–water partition coefficient (Wildman–Crippen LogP) is 4.66. The van der Waals surface area contributed by atoms with Crippen LogP contribution in [0.3, 0.4) is 0 Å². The van der Waals surface area contributed by atoms with Crippen molar-refractivity contribution in [3.8, 4) is 16.9 Å². The van der Waals surface area contributed by atoms with Gasteiger partial charge in [0.1, 0.15) is 5.75 Å². The van der Waals surface area contributed by atoms with Crippen molar-refractivity contribution in [1.29, 1.82) is 0 Å². The van der Waals surface area contributed by atoms with E-state index in [-0.39, 0.29) is 11.8 Å². The summed E-state index contributed by atoms with van der Waals surface area (Å²) >= 11 is 6.07. The summed E-state index contributed by atoms with van der Waals surface area (Å²) in [7, 11) is 1.57. The molecule has 6 nitrogen and oxygen atoms in total. The Hall–Kier alpha value is -3.12. The maximum atomic E-state index is 12.9. The van der Waals surface area contributed by atoms with Crippen molar-refractivity contribution in [3.05, 3.63) is 65.9 Å². The van der Waals surface area contributed by atoms with Crippen LogP contribution in [0.2, 0.25) is 5.02 Å². The van der Waals surface area contributed by atoms with E-state index >= 15 is 0 Å². The van der Waals surface area contributed by atoms with Crippen LogP contribution in [0.15, 0.2) is 60.9 Å². The minimum atomic E-state index is -0.167. The van der Waals surface area contributed by atoms with E-state index in [1.54, 1.807) is 25.3 Å². The van der Waals surface area contributed by atoms with Gasteiger partial charge in [-0.05, 0) is 36.6 Å². The topological polar surface area (TPSA) is 67.3 Å². The fraction of sp³-hybridized carbons (Fsp3) is 0.261. The smallest absolute Gasteiger partial charge is 0.229 e. The number of hydrogen-bond donors (Lipinski definition) is 1. The fourth-order valence-corrected chi connectivity index (χ4v) is 3.82. The summed E-state index contributed by atoms with van der Waals surface area (Å²) < 4.78 is 5.32. The monoisotopic (exact) mass is 422 g/mol. The van der Waals surface area contributed by atoms with Crippen molar-refractivity contribution < 1.29 is 9.53 Å². The second-order valence-corrected chi connectivity index (χ2v) is 7.69. The molecular weight excluding hydrogens is 400 g/mol. The number of anilines is 2. The van der Waals surface area contributed by atoms with Gasteiger partial charge >= 0.3 is 0 Å². The molecule has 154 valence electrons. The molecule has 1 unspecified atom stereocenters. The fourth-order valence-electron chi connectivity index (χ4n) is 3.65. The number of nitrogens with zero attached hydrogens (tertiary/aromatic N) is 3. The SMILES string of the molecule is COc1ccc(Cl)cc1NC(=O)C1CCCN(c2ncc(-c3ccccc3)cn2)C1. The Morgan fingerprint density at radius 3 is 2.63 bits per heavy atom. The third-order valence-electron chi connectivity index (χ3n) is 5.24. The van der Waals surface area contributed by atoms with Crippen molar-refractivity contribution in [1.82, 2.24) is 9.97 Å². The highest BCUT2D eigenvalue weighted by Crippen LogP contribution is 2.29. The largest absolute Gasteiger partial charge is 0.495 e. The van der Waals surface area contributed by atoms with Gasteiger partial charge in [0.15, 0.2) is 0 Å². The molecule has 1 fully saturated rings. The van der Waals surface area contributed by atoms with Gasteiger partial charge in [-0.15, -0.1) is 0 Å². The lowest BCUT2D eigenvalue weighted by molar-refractivity contribution is -0.120. The van der Waals surface area contributed by atoms with Crippen LogP contribution in [0.25, 0.3) is 11.1 Å². The summed E-state index contributed by atoms with van der Waals surface area (Å²) in [6.45, 7) is 1.40. The van der Waals surface area contributed by atoms with Gasteiger partial charge in [0.25, 0.3) is 0 Å². The molecule has 2 aromatic carbocycles. The molecule has 1 N–H and O–H groups in total. The molecule has 1 aliphatic rings. The Morgan fingerprint density at radius 1 is 1.13 bits per heavy atom. The molecule has 0 bridgehead atoms. The first-order chi connectivity index (χ1) is 14.6. The van der Waals surface area contributed by atoms with Gasteiger partial charge in [0.05, 0.1) is 18.7 Å². The summed E-state index contributed by atoms with van der Waals surface area (Å²) in [5.41, 5.74) is 2.63. The average molecular weight is 423 g/mol. The third kappa shape index (κ3) is 4.54. The van der Waals surface area contributed by atoms with Gasteiger partial charge in [-0.1, -0.05) is 41.9 Å². The highest BCUT2D eigenvalue weighted by Gasteiger charge is 2.27. The van der Waals surface area contributed by atoms with E-state index in [2.05, 4.69) is 20.2 Å². The number of rotatable bonds is 5. The molecule has 30 heavy (non-hydrogen) atoms. The van der Waals surface area contributed by atoms with E-state index in [0.717, 1.165) is 30.5 Å². The number of carbonyl (C=O) groups is 1. The molecule has 1 saturated heterocycles. The second kappa shape index (κ2) is 9.13. The minimum absolute atomic E-state index is 0.0545. The number of nitrogens with one attached hydrogen (secondary N) is 1.